The molecular weight excluding hydrogens is 232 g/mol. The molecule has 0 bridgehead atoms. The number of hydrogen-bond acceptors (Lipinski definition) is 5. The van der Waals surface area contributed by atoms with Crippen molar-refractivity contribution in [3.8, 4) is 0 Å². The fourth-order valence-corrected chi connectivity index (χ4v) is 2.22. The van der Waals surface area contributed by atoms with Crippen molar-refractivity contribution < 1.29 is 0 Å². The van der Waals surface area contributed by atoms with E-state index in [1.807, 2.05) is 12.3 Å². The van der Waals surface area contributed by atoms with Crippen molar-refractivity contribution in [2.45, 2.75) is 32.7 Å². The van der Waals surface area contributed by atoms with Gasteiger partial charge in [-0.25, -0.2) is 4.98 Å². The van der Waals surface area contributed by atoms with Gasteiger partial charge in [0.05, 0.1) is 6.04 Å². The summed E-state index contributed by atoms with van der Waals surface area (Å²) < 4.78 is 4.31. The molecule has 0 aliphatic heterocycles. The van der Waals surface area contributed by atoms with Crippen LogP contribution < -0.4 is 5.32 Å². The summed E-state index contributed by atoms with van der Waals surface area (Å²) in [4.78, 5) is 8.56. The zero-order chi connectivity index (χ0) is 12.3. The fraction of sp³-hybridized carbons (Fsp3) is 0.417. The van der Waals surface area contributed by atoms with Gasteiger partial charge >= 0.3 is 0 Å². The van der Waals surface area contributed by atoms with Crippen LogP contribution in [0.25, 0.3) is 0 Å². The van der Waals surface area contributed by atoms with Crippen LogP contribution in [0.1, 0.15) is 44.1 Å². The van der Waals surface area contributed by atoms with Gasteiger partial charge in [-0.2, -0.15) is 4.37 Å². The molecule has 1 N–H and O–H groups in total. The van der Waals surface area contributed by atoms with E-state index in [4.69, 9.17) is 0 Å². The molecule has 0 saturated heterocycles. The van der Waals surface area contributed by atoms with E-state index in [0.717, 1.165) is 16.5 Å². The van der Waals surface area contributed by atoms with Crippen LogP contribution >= 0.6 is 11.5 Å². The maximum Gasteiger partial charge on any atom is 0.203 e. The first kappa shape index (κ1) is 12.0. The largest absolute Gasteiger partial charge is 0.354 e. The Hall–Kier alpha value is -1.49. The van der Waals surface area contributed by atoms with Crippen LogP contribution in [-0.4, -0.2) is 14.3 Å². The van der Waals surface area contributed by atoms with Crippen molar-refractivity contribution in [2.24, 2.45) is 0 Å². The van der Waals surface area contributed by atoms with Crippen LogP contribution in [-0.2, 0) is 0 Å². The minimum absolute atomic E-state index is 0.191. The Morgan fingerprint density at radius 1 is 1.29 bits per heavy atom. The van der Waals surface area contributed by atoms with Gasteiger partial charge in [-0.1, -0.05) is 19.9 Å². The predicted octanol–water partition coefficient (Wildman–Crippen LogP) is 3.23. The molecule has 0 amide bonds. The zero-order valence-electron chi connectivity index (χ0n) is 10.2. The number of pyridine rings is 1. The van der Waals surface area contributed by atoms with Gasteiger partial charge in [-0.15, -0.1) is 0 Å². The van der Waals surface area contributed by atoms with Crippen molar-refractivity contribution >= 4 is 16.7 Å². The smallest absolute Gasteiger partial charge is 0.203 e. The van der Waals surface area contributed by atoms with Gasteiger partial charge in [0.2, 0.25) is 5.13 Å². The van der Waals surface area contributed by atoms with Gasteiger partial charge in [-0.3, -0.25) is 4.98 Å². The van der Waals surface area contributed by atoms with Gasteiger partial charge in [0.1, 0.15) is 5.82 Å². The second-order valence-electron chi connectivity index (χ2n) is 4.26. The first-order chi connectivity index (χ1) is 8.16. The Balaban J connectivity index is 2.05. The van der Waals surface area contributed by atoms with Gasteiger partial charge in [0.25, 0.3) is 0 Å². The van der Waals surface area contributed by atoms with E-state index in [9.17, 15) is 0 Å². The molecule has 90 valence electrons. The molecule has 0 aliphatic rings. The van der Waals surface area contributed by atoms with Crippen molar-refractivity contribution in [1.29, 1.82) is 0 Å². The minimum atomic E-state index is 0.191. The van der Waals surface area contributed by atoms with Crippen LogP contribution in [0, 0.1) is 0 Å². The minimum Gasteiger partial charge on any atom is -0.354 e. The van der Waals surface area contributed by atoms with Gasteiger partial charge < -0.3 is 5.32 Å². The average Bonchev–Trinajstić information content (AvgIpc) is 2.79. The molecule has 17 heavy (non-hydrogen) atoms. The van der Waals surface area contributed by atoms with Crippen LogP contribution in [0.2, 0.25) is 0 Å². The van der Waals surface area contributed by atoms with E-state index in [1.54, 1.807) is 6.20 Å². The van der Waals surface area contributed by atoms with E-state index in [1.165, 1.54) is 11.5 Å². The highest BCUT2D eigenvalue weighted by molar-refractivity contribution is 7.09. The molecule has 2 rings (SSSR count). The summed E-state index contributed by atoms with van der Waals surface area (Å²) >= 11 is 1.41. The summed E-state index contributed by atoms with van der Waals surface area (Å²) in [5, 5.41) is 4.20. The lowest BCUT2D eigenvalue weighted by Gasteiger charge is -2.11. The molecule has 2 aromatic heterocycles. The van der Waals surface area contributed by atoms with Crippen LogP contribution in [0.15, 0.2) is 24.5 Å². The highest BCUT2D eigenvalue weighted by Crippen LogP contribution is 2.22. The molecule has 2 aromatic rings. The summed E-state index contributed by atoms with van der Waals surface area (Å²) in [5.74, 6) is 1.27. The predicted molar refractivity (Wildman–Crippen MR) is 70.3 cm³/mol. The molecule has 0 aromatic carbocycles. The standard InChI is InChI=1S/C12H16N4S/c1-8(2)11-15-12(17-16-11)14-9(3)10-5-4-6-13-7-10/h4-9H,1-3H3,(H,14,15,16). The highest BCUT2D eigenvalue weighted by Gasteiger charge is 2.10. The molecule has 0 spiro atoms. The Kier molecular flexibility index (Phi) is 3.68. The van der Waals surface area contributed by atoms with Crippen molar-refractivity contribution in [2.75, 3.05) is 5.32 Å². The molecule has 2 heterocycles. The van der Waals surface area contributed by atoms with Crippen LogP contribution in [0.3, 0.4) is 0 Å². The van der Waals surface area contributed by atoms with E-state index >= 15 is 0 Å². The van der Waals surface area contributed by atoms with Crippen molar-refractivity contribution in [3.05, 3.63) is 35.9 Å². The van der Waals surface area contributed by atoms with Gasteiger partial charge in [0, 0.05) is 29.8 Å². The quantitative estimate of drug-likeness (QED) is 0.902. The van der Waals surface area contributed by atoms with Gasteiger partial charge in [-0.05, 0) is 18.6 Å². The zero-order valence-corrected chi connectivity index (χ0v) is 11.0. The lowest BCUT2D eigenvalue weighted by molar-refractivity contribution is 0.794. The number of rotatable bonds is 4. The molecule has 1 atom stereocenters. The summed E-state index contributed by atoms with van der Waals surface area (Å²) in [5.41, 5.74) is 1.15. The summed E-state index contributed by atoms with van der Waals surface area (Å²) in [7, 11) is 0. The molecule has 4 nitrogen and oxygen atoms in total. The lowest BCUT2D eigenvalue weighted by Crippen LogP contribution is -2.06. The third-order valence-electron chi connectivity index (χ3n) is 2.48. The topological polar surface area (TPSA) is 50.7 Å². The fourth-order valence-electron chi connectivity index (χ4n) is 1.43. The van der Waals surface area contributed by atoms with Gasteiger partial charge in [0.15, 0.2) is 0 Å². The average molecular weight is 248 g/mol. The molecule has 0 aliphatic carbocycles. The number of hydrogen-bond donors (Lipinski definition) is 1. The third kappa shape index (κ3) is 3.00. The molecule has 0 radical (unpaired) electrons. The number of aromatic nitrogens is 3. The second-order valence-corrected chi connectivity index (χ2v) is 5.02. The normalized spacial score (nSPS) is 12.7. The molecule has 5 heteroatoms. The van der Waals surface area contributed by atoms with Crippen molar-refractivity contribution in [1.82, 2.24) is 14.3 Å². The Morgan fingerprint density at radius 2 is 2.12 bits per heavy atom. The number of nitrogens with zero attached hydrogens (tertiary/aromatic N) is 3. The lowest BCUT2D eigenvalue weighted by atomic mass is 10.1. The third-order valence-corrected chi connectivity index (χ3v) is 3.14. The van der Waals surface area contributed by atoms with Crippen LogP contribution in [0.5, 0.6) is 0 Å². The monoisotopic (exact) mass is 248 g/mol. The Bertz CT molecular complexity index is 466. The molecular formula is C12H16N4S. The summed E-state index contributed by atoms with van der Waals surface area (Å²) in [6.07, 6.45) is 3.64. The van der Waals surface area contributed by atoms with Crippen LogP contribution in [0.4, 0.5) is 5.13 Å². The molecule has 0 fully saturated rings. The molecule has 1 unspecified atom stereocenters. The first-order valence-corrected chi connectivity index (χ1v) is 6.44. The second kappa shape index (κ2) is 5.23. The molecule has 0 saturated carbocycles. The van der Waals surface area contributed by atoms with E-state index in [2.05, 4.69) is 46.5 Å². The van der Waals surface area contributed by atoms with E-state index in [0.29, 0.717) is 5.92 Å². The first-order valence-electron chi connectivity index (χ1n) is 5.67. The number of nitrogens with one attached hydrogen (secondary N) is 1. The summed E-state index contributed by atoms with van der Waals surface area (Å²) in [6, 6.07) is 4.18. The van der Waals surface area contributed by atoms with Crippen molar-refractivity contribution in [3.63, 3.8) is 0 Å². The summed E-state index contributed by atoms with van der Waals surface area (Å²) in [6.45, 7) is 6.28. The number of anilines is 1. The Morgan fingerprint density at radius 3 is 2.71 bits per heavy atom. The van der Waals surface area contributed by atoms with E-state index < -0.39 is 0 Å². The SMILES string of the molecule is CC(C)c1nsc(NC(C)c2cccnc2)n1. The van der Waals surface area contributed by atoms with E-state index in [-0.39, 0.29) is 6.04 Å². The Labute approximate surface area is 105 Å². The highest BCUT2D eigenvalue weighted by atomic mass is 32.1. The maximum atomic E-state index is 4.45. The maximum absolute atomic E-state index is 4.45.